The summed E-state index contributed by atoms with van der Waals surface area (Å²) in [7, 11) is 0. The van der Waals surface area contributed by atoms with Crippen LogP contribution in [0.1, 0.15) is 32.1 Å². The second kappa shape index (κ2) is 4.94. The number of carbonyl (C=O) groups is 1. The third-order valence-electron chi connectivity index (χ3n) is 4.11. The van der Waals surface area contributed by atoms with Crippen LogP contribution in [0.4, 0.5) is 0 Å². The van der Waals surface area contributed by atoms with Crippen LogP contribution in [0.15, 0.2) is 0 Å². The van der Waals surface area contributed by atoms with Crippen LogP contribution in [0.25, 0.3) is 0 Å². The lowest BCUT2D eigenvalue weighted by molar-refractivity contribution is -0.134. The second-order valence-electron chi connectivity index (χ2n) is 5.60. The van der Waals surface area contributed by atoms with Crippen molar-refractivity contribution in [3.8, 4) is 0 Å². The first-order chi connectivity index (χ1) is 8.34. The van der Waals surface area contributed by atoms with E-state index in [0.717, 1.165) is 45.6 Å². The van der Waals surface area contributed by atoms with Gasteiger partial charge in [0.2, 0.25) is 5.91 Å². The van der Waals surface area contributed by atoms with Gasteiger partial charge in [-0.3, -0.25) is 4.79 Å². The van der Waals surface area contributed by atoms with Crippen LogP contribution in [-0.2, 0) is 9.53 Å². The minimum Gasteiger partial charge on any atom is -0.381 e. The van der Waals surface area contributed by atoms with E-state index >= 15 is 0 Å². The van der Waals surface area contributed by atoms with Gasteiger partial charge in [0.1, 0.15) is 0 Å². The van der Waals surface area contributed by atoms with Gasteiger partial charge >= 0.3 is 0 Å². The van der Waals surface area contributed by atoms with Crippen molar-refractivity contribution in [2.24, 2.45) is 5.92 Å². The van der Waals surface area contributed by atoms with E-state index in [1.54, 1.807) is 0 Å². The van der Waals surface area contributed by atoms with Crippen LogP contribution in [0.2, 0.25) is 0 Å². The van der Waals surface area contributed by atoms with Crippen molar-refractivity contribution in [1.82, 2.24) is 10.2 Å². The molecule has 17 heavy (non-hydrogen) atoms. The molecule has 0 spiro atoms. The van der Waals surface area contributed by atoms with Crippen LogP contribution < -0.4 is 5.32 Å². The van der Waals surface area contributed by atoms with Crippen molar-refractivity contribution >= 4 is 5.91 Å². The van der Waals surface area contributed by atoms with E-state index in [-0.39, 0.29) is 6.04 Å². The zero-order valence-corrected chi connectivity index (χ0v) is 10.4. The maximum Gasteiger partial charge on any atom is 0.239 e. The zero-order chi connectivity index (χ0) is 11.7. The highest BCUT2D eigenvalue weighted by Gasteiger charge is 2.38. The van der Waals surface area contributed by atoms with Crippen LogP contribution in [0.3, 0.4) is 0 Å². The second-order valence-corrected chi connectivity index (χ2v) is 5.60. The molecule has 3 rings (SSSR count). The lowest BCUT2D eigenvalue weighted by Crippen LogP contribution is -2.46. The van der Waals surface area contributed by atoms with Crippen molar-refractivity contribution < 1.29 is 9.53 Å². The fourth-order valence-corrected chi connectivity index (χ4v) is 2.91. The number of hydrogen-bond donors (Lipinski definition) is 1. The molecule has 1 amide bonds. The third kappa shape index (κ3) is 2.63. The molecule has 1 N–H and O–H groups in total. The monoisotopic (exact) mass is 238 g/mol. The number of nitrogens with one attached hydrogen (secondary N) is 1. The Morgan fingerprint density at radius 2 is 2.18 bits per heavy atom. The summed E-state index contributed by atoms with van der Waals surface area (Å²) in [4.78, 5) is 14.6. The smallest absolute Gasteiger partial charge is 0.239 e. The molecule has 4 heteroatoms. The van der Waals surface area contributed by atoms with E-state index in [4.69, 9.17) is 4.74 Å². The summed E-state index contributed by atoms with van der Waals surface area (Å²) < 4.78 is 5.41. The number of hydrogen-bond acceptors (Lipinski definition) is 3. The molecule has 2 saturated heterocycles. The van der Waals surface area contributed by atoms with Gasteiger partial charge in [0, 0.05) is 25.1 Å². The van der Waals surface area contributed by atoms with Crippen molar-refractivity contribution in [3.05, 3.63) is 0 Å². The maximum absolute atomic E-state index is 12.4. The third-order valence-corrected chi connectivity index (χ3v) is 4.11. The topological polar surface area (TPSA) is 41.6 Å². The van der Waals surface area contributed by atoms with Crippen LogP contribution >= 0.6 is 0 Å². The van der Waals surface area contributed by atoms with Gasteiger partial charge in [-0.2, -0.15) is 0 Å². The first-order valence-corrected chi connectivity index (χ1v) is 6.96. The van der Waals surface area contributed by atoms with Gasteiger partial charge in [0.15, 0.2) is 0 Å². The molecule has 0 bridgehead atoms. The molecular formula is C13H22N2O2. The highest BCUT2D eigenvalue weighted by molar-refractivity contribution is 5.82. The maximum atomic E-state index is 12.4. The first kappa shape index (κ1) is 11.5. The Balaban J connectivity index is 1.60. The summed E-state index contributed by atoms with van der Waals surface area (Å²) in [5, 5.41) is 3.32. The summed E-state index contributed by atoms with van der Waals surface area (Å²) in [5.41, 5.74) is 0. The first-order valence-electron chi connectivity index (χ1n) is 6.96. The summed E-state index contributed by atoms with van der Waals surface area (Å²) in [6.07, 6.45) is 5.68. The summed E-state index contributed by atoms with van der Waals surface area (Å²) >= 11 is 0. The van der Waals surface area contributed by atoms with Gasteiger partial charge in [0.25, 0.3) is 0 Å². The largest absolute Gasteiger partial charge is 0.381 e. The van der Waals surface area contributed by atoms with E-state index in [1.165, 1.54) is 12.8 Å². The minimum absolute atomic E-state index is 0.0953. The molecule has 2 aliphatic heterocycles. The number of rotatable bonds is 4. The Kier molecular flexibility index (Phi) is 3.34. The lowest BCUT2D eigenvalue weighted by Gasteiger charge is -2.27. The van der Waals surface area contributed by atoms with Crippen molar-refractivity contribution in [2.45, 2.75) is 44.2 Å². The molecule has 4 nitrogen and oxygen atoms in total. The number of nitrogens with zero attached hydrogens (tertiary/aromatic N) is 1. The molecule has 3 fully saturated rings. The number of carbonyl (C=O) groups excluding carboxylic acids is 1. The molecule has 0 aromatic heterocycles. The summed E-state index contributed by atoms with van der Waals surface area (Å²) in [6.45, 7) is 3.64. The lowest BCUT2D eigenvalue weighted by atomic mass is 10.1. The molecule has 0 aromatic rings. The molecule has 96 valence electrons. The highest BCUT2D eigenvalue weighted by atomic mass is 16.5. The van der Waals surface area contributed by atoms with Gasteiger partial charge in [-0.05, 0) is 38.6 Å². The quantitative estimate of drug-likeness (QED) is 0.786. The molecule has 3 aliphatic rings. The fraction of sp³-hybridized carbons (Fsp3) is 0.923. The van der Waals surface area contributed by atoms with Crippen molar-refractivity contribution in [1.29, 1.82) is 0 Å². The predicted molar refractivity (Wildman–Crippen MR) is 64.7 cm³/mol. The van der Waals surface area contributed by atoms with Crippen LogP contribution in [-0.4, -0.2) is 49.2 Å². The number of amides is 1. The molecule has 0 radical (unpaired) electrons. The van der Waals surface area contributed by atoms with E-state index in [1.807, 2.05) is 0 Å². The Morgan fingerprint density at radius 1 is 1.29 bits per heavy atom. The van der Waals surface area contributed by atoms with E-state index in [0.29, 0.717) is 17.9 Å². The zero-order valence-electron chi connectivity index (χ0n) is 10.4. The Hall–Kier alpha value is -0.610. The van der Waals surface area contributed by atoms with Gasteiger partial charge in [0.05, 0.1) is 12.6 Å². The van der Waals surface area contributed by atoms with Crippen molar-refractivity contribution in [2.75, 3.05) is 26.3 Å². The van der Waals surface area contributed by atoms with Gasteiger partial charge < -0.3 is 15.0 Å². The van der Waals surface area contributed by atoms with E-state index in [9.17, 15) is 4.79 Å². The average Bonchev–Trinajstić information content (AvgIpc) is 2.86. The molecule has 0 aromatic carbocycles. The van der Waals surface area contributed by atoms with Crippen LogP contribution in [0, 0.1) is 5.92 Å². The molecule has 2 heterocycles. The van der Waals surface area contributed by atoms with E-state index in [2.05, 4.69) is 10.2 Å². The van der Waals surface area contributed by atoms with E-state index < -0.39 is 0 Å². The average molecular weight is 238 g/mol. The fourth-order valence-electron chi connectivity index (χ4n) is 2.91. The van der Waals surface area contributed by atoms with Crippen molar-refractivity contribution in [3.63, 3.8) is 0 Å². The number of ether oxygens (including phenoxy) is 1. The van der Waals surface area contributed by atoms with Gasteiger partial charge in [-0.25, -0.2) is 0 Å². The van der Waals surface area contributed by atoms with Crippen LogP contribution in [0.5, 0.6) is 0 Å². The molecule has 2 atom stereocenters. The minimum atomic E-state index is 0.0953. The Bertz CT molecular complexity index is 279. The standard InChI is InChI=1S/C13H22N2O2/c16-13(12-2-1-6-14-12)15(11-3-4-11)8-10-5-7-17-9-10/h10-12,14H,1-9H2. The van der Waals surface area contributed by atoms with Gasteiger partial charge in [-0.1, -0.05) is 0 Å². The molecule has 2 unspecified atom stereocenters. The normalized spacial score (nSPS) is 32.9. The highest BCUT2D eigenvalue weighted by Crippen LogP contribution is 2.30. The SMILES string of the molecule is O=C(C1CCCN1)N(CC1CCOC1)C1CC1. The van der Waals surface area contributed by atoms with Gasteiger partial charge in [-0.15, -0.1) is 0 Å². The summed E-state index contributed by atoms with van der Waals surface area (Å²) in [6, 6.07) is 0.628. The Morgan fingerprint density at radius 3 is 2.76 bits per heavy atom. The summed E-state index contributed by atoms with van der Waals surface area (Å²) in [5.74, 6) is 0.915. The molecule has 1 saturated carbocycles. The Labute approximate surface area is 103 Å². The molecular weight excluding hydrogens is 216 g/mol. The molecule has 1 aliphatic carbocycles. The predicted octanol–water partition coefficient (Wildman–Crippen LogP) is 0.766.